The van der Waals surface area contributed by atoms with Crippen LogP contribution in [0.25, 0.3) is 5.57 Å². The highest BCUT2D eigenvalue weighted by atomic mass is 16.5. The van der Waals surface area contributed by atoms with E-state index >= 15 is 0 Å². The second-order valence-corrected chi connectivity index (χ2v) is 2.61. The number of hydrogen-bond donors (Lipinski definition) is 0. The minimum Gasteiger partial charge on any atom is -0.462 e. The zero-order chi connectivity index (χ0) is 9.84. The van der Waals surface area contributed by atoms with Gasteiger partial charge in [-0.3, -0.25) is 0 Å². The van der Waals surface area contributed by atoms with Crippen molar-refractivity contribution in [2.75, 3.05) is 6.61 Å². The van der Waals surface area contributed by atoms with Gasteiger partial charge in [0.05, 0.1) is 12.2 Å². The van der Waals surface area contributed by atoms with Crippen molar-refractivity contribution in [1.82, 2.24) is 0 Å². The van der Waals surface area contributed by atoms with Gasteiger partial charge < -0.3 is 9.15 Å². The van der Waals surface area contributed by atoms with Crippen molar-refractivity contribution in [3.8, 4) is 0 Å². The number of ether oxygens (including phenoxy) is 1. The SMILES string of the molecule is C=C(C(=O)OCC)c1ccc(C)o1. The predicted octanol–water partition coefficient (Wildman–Crippen LogP) is 2.16. The van der Waals surface area contributed by atoms with Crippen LogP contribution in [0.5, 0.6) is 0 Å². The molecule has 0 aromatic carbocycles. The summed E-state index contributed by atoms with van der Waals surface area (Å²) < 4.78 is 9.98. The van der Waals surface area contributed by atoms with Crippen LogP contribution in [0.15, 0.2) is 23.1 Å². The van der Waals surface area contributed by atoms with Crippen molar-refractivity contribution < 1.29 is 13.9 Å². The number of hydrogen-bond acceptors (Lipinski definition) is 3. The van der Waals surface area contributed by atoms with E-state index in [9.17, 15) is 4.79 Å². The van der Waals surface area contributed by atoms with E-state index in [0.717, 1.165) is 5.76 Å². The quantitative estimate of drug-likeness (QED) is 0.528. The second kappa shape index (κ2) is 3.94. The van der Waals surface area contributed by atoms with Gasteiger partial charge in [-0.2, -0.15) is 0 Å². The molecule has 3 heteroatoms. The Hall–Kier alpha value is -1.51. The molecule has 0 saturated carbocycles. The average Bonchev–Trinajstić information content (AvgIpc) is 2.51. The number of carbonyl (C=O) groups is 1. The van der Waals surface area contributed by atoms with Gasteiger partial charge in [-0.25, -0.2) is 4.79 Å². The van der Waals surface area contributed by atoms with Crippen molar-refractivity contribution in [3.63, 3.8) is 0 Å². The monoisotopic (exact) mass is 180 g/mol. The summed E-state index contributed by atoms with van der Waals surface area (Å²) in [6, 6.07) is 3.48. The molecule has 0 aliphatic rings. The Morgan fingerprint density at radius 3 is 2.77 bits per heavy atom. The summed E-state index contributed by atoms with van der Waals surface area (Å²) in [7, 11) is 0. The highest BCUT2D eigenvalue weighted by molar-refractivity contribution is 6.14. The van der Waals surface area contributed by atoms with Crippen LogP contribution in [-0.4, -0.2) is 12.6 Å². The largest absolute Gasteiger partial charge is 0.462 e. The van der Waals surface area contributed by atoms with E-state index in [-0.39, 0.29) is 5.57 Å². The van der Waals surface area contributed by atoms with E-state index in [0.29, 0.717) is 12.4 Å². The molecule has 0 fully saturated rings. The molecule has 70 valence electrons. The minimum absolute atomic E-state index is 0.259. The molecule has 1 heterocycles. The van der Waals surface area contributed by atoms with Crippen LogP contribution in [0, 0.1) is 6.92 Å². The first-order chi connectivity index (χ1) is 6.15. The van der Waals surface area contributed by atoms with Crippen LogP contribution >= 0.6 is 0 Å². The first-order valence-electron chi connectivity index (χ1n) is 4.08. The van der Waals surface area contributed by atoms with Crippen molar-refractivity contribution in [2.24, 2.45) is 0 Å². The van der Waals surface area contributed by atoms with Crippen LogP contribution in [-0.2, 0) is 9.53 Å². The maximum absolute atomic E-state index is 11.2. The van der Waals surface area contributed by atoms with Gasteiger partial charge in [0.1, 0.15) is 11.5 Å². The number of rotatable bonds is 3. The maximum atomic E-state index is 11.2. The molecule has 1 rings (SSSR count). The van der Waals surface area contributed by atoms with Gasteiger partial charge in [-0.1, -0.05) is 6.58 Å². The average molecular weight is 180 g/mol. The van der Waals surface area contributed by atoms with Crippen molar-refractivity contribution in [3.05, 3.63) is 30.2 Å². The molecule has 0 aliphatic carbocycles. The lowest BCUT2D eigenvalue weighted by atomic mass is 10.2. The van der Waals surface area contributed by atoms with Gasteiger partial charge in [0.25, 0.3) is 0 Å². The molecule has 13 heavy (non-hydrogen) atoms. The van der Waals surface area contributed by atoms with Crippen LogP contribution in [0.1, 0.15) is 18.4 Å². The summed E-state index contributed by atoms with van der Waals surface area (Å²) in [4.78, 5) is 11.2. The molecule has 3 nitrogen and oxygen atoms in total. The third-order valence-electron chi connectivity index (χ3n) is 1.56. The summed E-state index contributed by atoms with van der Waals surface area (Å²) in [5.74, 6) is 0.785. The number of aryl methyl sites for hydroxylation is 1. The van der Waals surface area contributed by atoms with Crippen LogP contribution in [0.3, 0.4) is 0 Å². The Morgan fingerprint density at radius 2 is 2.31 bits per heavy atom. The summed E-state index contributed by atoms with van der Waals surface area (Å²) in [5, 5.41) is 0. The molecule has 0 amide bonds. The molecule has 0 atom stereocenters. The van der Waals surface area contributed by atoms with Gasteiger partial charge in [0.2, 0.25) is 0 Å². The Morgan fingerprint density at radius 1 is 1.62 bits per heavy atom. The molecule has 0 aliphatic heterocycles. The molecule has 0 radical (unpaired) electrons. The van der Waals surface area contributed by atoms with E-state index in [1.807, 2.05) is 6.92 Å². The van der Waals surface area contributed by atoms with Crippen LogP contribution < -0.4 is 0 Å². The Labute approximate surface area is 77.0 Å². The zero-order valence-electron chi connectivity index (χ0n) is 7.79. The molecule has 0 unspecified atom stereocenters. The van der Waals surface area contributed by atoms with Crippen LogP contribution in [0.2, 0.25) is 0 Å². The third kappa shape index (κ3) is 2.21. The molecule has 0 N–H and O–H groups in total. The minimum atomic E-state index is -0.433. The number of carbonyl (C=O) groups excluding carboxylic acids is 1. The van der Waals surface area contributed by atoms with E-state index in [1.165, 1.54) is 0 Å². The van der Waals surface area contributed by atoms with Crippen molar-refractivity contribution >= 4 is 11.5 Å². The number of furan rings is 1. The normalized spacial score (nSPS) is 9.69. The van der Waals surface area contributed by atoms with Crippen LogP contribution in [0.4, 0.5) is 0 Å². The molecule has 0 spiro atoms. The van der Waals surface area contributed by atoms with E-state index in [1.54, 1.807) is 19.1 Å². The summed E-state index contributed by atoms with van der Waals surface area (Å²) in [6.45, 7) is 7.49. The lowest BCUT2D eigenvalue weighted by Crippen LogP contribution is -2.04. The van der Waals surface area contributed by atoms with E-state index in [2.05, 4.69) is 6.58 Å². The van der Waals surface area contributed by atoms with Gasteiger partial charge in [0.15, 0.2) is 0 Å². The van der Waals surface area contributed by atoms with E-state index in [4.69, 9.17) is 9.15 Å². The molecular formula is C10H12O3. The fourth-order valence-corrected chi connectivity index (χ4v) is 0.916. The van der Waals surface area contributed by atoms with Gasteiger partial charge in [0, 0.05) is 0 Å². The Kier molecular flexibility index (Phi) is 2.90. The van der Waals surface area contributed by atoms with Crippen molar-refractivity contribution in [1.29, 1.82) is 0 Å². The topological polar surface area (TPSA) is 39.4 Å². The highest BCUT2D eigenvalue weighted by Gasteiger charge is 2.13. The van der Waals surface area contributed by atoms with E-state index < -0.39 is 5.97 Å². The van der Waals surface area contributed by atoms with Crippen molar-refractivity contribution in [2.45, 2.75) is 13.8 Å². The summed E-state index contributed by atoms with van der Waals surface area (Å²) >= 11 is 0. The number of esters is 1. The lowest BCUT2D eigenvalue weighted by Gasteiger charge is -2.01. The standard InChI is InChI=1S/C10H12O3/c1-4-12-10(11)8(3)9-6-5-7(2)13-9/h5-6H,3-4H2,1-2H3. The maximum Gasteiger partial charge on any atom is 0.341 e. The highest BCUT2D eigenvalue weighted by Crippen LogP contribution is 2.16. The summed E-state index contributed by atoms with van der Waals surface area (Å²) in [6.07, 6.45) is 0. The molecule has 0 saturated heterocycles. The van der Waals surface area contributed by atoms with Gasteiger partial charge in [-0.15, -0.1) is 0 Å². The molecule has 1 aromatic heterocycles. The molecule has 1 aromatic rings. The first kappa shape index (κ1) is 9.58. The fourth-order valence-electron chi connectivity index (χ4n) is 0.916. The third-order valence-corrected chi connectivity index (χ3v) is 1.56. The summed E-state index contributed by atoms with van der Waals surface area (Å²) in [5.41, 5.74) is 0.259. The smallest absolute Gasteiger partial charge is 0.341 e. The second-order valence-electron chi connectivity index (χ2n) is 2.61. The zero-order valence-corrected chi connectivity index (χ0v) is 7.79. The van der Waals surface area contributed by atoms with Gasteiger partial charge >= 0.3 is 5.97 Å². The Balaban J connectivity index is 2.73. The first-order valence-corrected chi connectivity index (χ1v) is 4.08. The molecular weight excluding hydrogens is 168 g/mol. The predicted molar refractivity (Wildman–Crippen MR) is 49.1 cm³/mol. The fraction of sp³-hybridized carbons (Fsp3) is 0.300. The Bertz CT molecular complexity index is 323. The van der Waals surface area contributed by atoms with Gasteiger partial charge in [-0.05, 0) is 26.0 Å². The molecule has 0 bridgehead atoms. The lowest BCUT2D eigenvalue weighted by molar-refractivity contribution is -0.136.